The van der Waals surface area contributed by atoms with Crippen LogP contribution in [0.4, 0.5) is 5.82 Å². The lowest BCUT2D eigenvalue weighted by Gasteiger charge is -2.09. The molecule has 146 valence electrons. The van der Waals surface area contributed by atoms with Crippen LogP contribution in [0.5, 0.6) is 11.5 Å². The molecule has 0 bridgehead atoms. The number of aromatic nitrogens is 5. The predicted octanol–water partition coefficient (Wildman–Crippen LogP) is 0.712. The highest BCUT2D eigenvalue weighted by Gasteiger charge is 2.20. The summed E-state index contributed by atoms with van der Waals surface area (Å²) in [6, 6.07) is 5.28. The number of nitrogens with two attached hydrogens (primary N) is 1. The van der Waals surface area contributed by atoms with E-state index in [0.717, 1.165) is 0 Å². The molecule has 3 rings (SSSR count). The average molecular weight is 386 g/mol. The van der Waals surface area contributed by atoms with Crippen molar-refractivity contribution in [1.29, 1.82) is 0 Å². The molecule has 2 heterocycles. The molecule has 0 aliphatic carbocycles. The number of hydrogen-bond acceptors (Lipinski definition) is 10. The largest absolute Gasteiger partial charge is 0.493 e. The Morgan fingerprint density at radius 3 is 2.89 bits per heavy atom. The van der Waals surface area contributed by atoms with Gasteiger partial charge in [-0.1, -0.05) is 5.21 Å². The number of carbonyl (C=O) groups is 1. The summed E-state index contributed by atoms with van der Waals surface area (Å²) in [5.41, 5.74) is 9.19. The van der Waals surface area contributed by atoms with Crippen molar-refractivity contribution < 1.29 is 18.9 Å². The SMILES string of the molecule is CCOc1cc(/C=N\NC(=O)c2nnn(-c3nonc3N)c2C)ccc1OC. The molecular weight excluding hydrogens is 368 g/mol. The van der Waals surface area contributed by atoms with Crippen LogP contribution >= 0.6 is 0 Å². The smallest absolute Gasteiger partial charge is 0.293 e. The Bertz CT molecular complexity index is 1010. The lowest BCUT2D eigenvalue weighted by molar-refractivity contribution is 0.0949. The Morgan fingerprint density at radius 1 is 1.39 bits per heavy atom. The van der Waals surface area contributed by atoms with Gasteiger partial charge in [0.15, 0.2) is 17.2 Å². The first kappa shape index (κ1) is 18.8. The van der Waals surface area contributed by atoms with Gasteiger partial charge in [-0.3, -0.25) is 4.79 Å². The van der Waals surface area contributed by atoms with Gasteiger partial charge in [0, 0.05) is 0 Å². The normalized spacial score (nSPS) is 11.0. The molecular formula is C16H18N8O4. The lowest BCUT2D eigenvalue weighted by Crippen LogP contribution is -2.19. The maximum absolute atomic E-state index is 12.3. The molecule has 12 heteroatoms. The Labute approximate surface area is 159 Å². The summed E-state index contributed by atoms with van der Waals surface area (Å²) < 4.78 is 16.5. The summed E-state index contributed by atoms with van der Waals surface area (Å²) in [5.74, 6) is 0.820. The van der Waals surface area contributed by atoms with Crippen LogP contribution in [-0.4, -0.2) is 51.1 Å². The van der Waals surface area contributed by atoms with E-state index in [1.54, 1.807) is 32.2 Å². The summed E-state index contributed by atoms with van der Waals surface area (Å²) >= 11 is 0. The number of hydrazone groups is 1. The number of nitrogens with one attached hydrogen (secondary N) is 1. The molecule has 0 aliphatic heterocycles. The molecule has 0 radical (unpaired) electrons. The van der Waals surface area contributed by atoms with Gasteiger partial charge in [-0.25, -0.2) is 10.1 Å². The van der Waals surface area contributed by atoms with Crippen molar-refractivity contribution in [3.8, 4) is 17.3 Å². The Hall–Kier alpha value is -3.96. The van der Waals surface area contributed by atoms with Crippen molar-refractivity contribution in [3.05, 3.63) is 35.2 Å². The lowest BCUT2D eigenvalue weighted by atomic mass is 10.2. The van der Waals surface area contributed by atoms with Gasteiger partial charge in [0.25, 0.3) is 5.91 Å². The number of rotatable bonds is 7. The molecule has 2 aromatic heterocycles. The Balaban J connectivity index is 1.72. The first-order valence-electron chi connectivity index (χ1n) is 8.20. The molecule has 0 unspecified atom stereocenters. The van der Waals surface area contributed by atoms with Crippen LogP contribution in [0.1, 0.15) is 28.7 Å². The molecule has 1 amide bonds. The maximum Gasteiger partial charge on any atom is 0.293 e. The van der Waals surface area contributed by atoms with Gasteiger partial charge in [-0.05, 0) is 47.9 Å². The molecule has 12 nitrogen and oxygen atoms in total. The van der Waals surface area contributed by atoms with Crippen molar-refractivity contribution in [2.24, 2.45) is 5.10 Å². The fraction of sp³-hybridized carbons (Fsp3) is 0.250. The van der Waals surface area contributed by atoms with E-state index in [4.69, 9.17) is 15.2 Å². The quantitative estimate of drug-likeness (QED) is 0.441. The molecule has 0 saturated heterocycles. The highest BCUT2D eigenvalue weighted by atomic mass is 16.6. The monoisotopic (exact) mass is 386 g/mol. The maximum atomic E-state index is 12.3. The summed E-state index contributed by atoms with van der Waals surface area (Å²) in [4.78, 5) is 12.3. The second kappa shape index (κ2) is 8.16. The van der Waals surface area contributed by atoms with Gasteiger partial charge in [-0.15, -0.1) is 5.10 Å². The molecule has 28 heavy (non-hydrogen) atoms. The zero-order valence-corrected chi connectivity index (χ0v) is 15.4. The van der Waals surface area contributed by atoms with Crippen LogP contribution in [0.15, 0.2) is 27.9 Å². The third kappa shape index (κ3) is 3.75. The van der Waals surface area contributed by atoms with Crippen LogP contribution in [0, 0.1) is 6.92 Å². The predicted molar refractivity (Wildman–Crippen MR) is 97.6 cm³/mol. The van der Waals surface area contributed by atoms with Crippen molar-refractivity contribution in [2.45, 2.75) is 13.8 Å². The minimum Gasteiger partial charge on any atom is -0.493 e. The van der Waals surface area contributed by atoms with Gasteiger partial charge in [-0.2, -0.15) is 9.78 Å². The van der Waals surface area contributed by atoms with Crippen LogP contribution < -0.4 is 20.6 Å². The standard InChI is InChI=1S/C16H18N8O4/c1-4-27-12-7-10(5-6-11(12)26-3)8-18-20-16(25)13-9(2)24(23-19-13)15-14(17)21-28-22-15/h5-8H,4H2,1-3H3,(H2,17,21)(H,20,25)/b18-8-. The van der Waals surface area contributed by atoms with Crippen LogP contribution in [-0.2, 0) is 0 Å². The fourth-order valence-electron chi connectivity index (χ4n) is 2.34. The van der Waals surface area contributed by atoms with Crippen LogP contribution in [0.2, 0.25) is 0 Å². The number of carbonyl (C=O) groups excluding carboxylic acids is 1. The van der Waals surface area contributed by atoms with Crippen molar-refractivity contribution in [3.63, 3.8) is 0 Å². The number of amides is 1. The summed E-state index contributed by atoms with van der Waals surface area (Å²) in [7, 11) is 1.56. The summed E-state index contributed by atoms with van der Waals surface area (Å²) in [5, 5.41) is 18.7. The summed E-state index contributed by atoms with van der Waals surface area (Å²) in [6.07, 6.45) is 1.47. The van der Waals surface area contributed by atoms with E-state index in [1.165, 1.54) is 10.9 Å². The molecule has 0 saturated carbocycles. The third-order valence-corrected chi connectivity index (χ3v) is 3.67. The van der Waals surface area contributed by atoms with Gasteiger partial charge in [0.1, 0.15) is 0 Å². The second-order valence-electron chi connectivity index (χ2n) is 5.45. The van der Waals surface area contributed by atoms with Gasteiger partial charge < -0.3 is 15.2 Å². The van der Waals surface area contributed by atoms with Crippen molar-refractivity contribution in [1.82, 2.24) is 30.7 Å². The Morgan fingerprint density at radius 2 is 2.21 bits per heavy atom. The van der Waals surface area contributed by atoms with E-state index in [0.29, 0.717) is 29.4 Å². The number of nitrogens with zero attached hydrogens (tertiary/aromatic N) is 6. The third-order valence-electron chi connectivity index (χ3n) is 3.67. The topological polar surface area (TPSA) is 156 Å². The molecule has 0 fully saturated rings. The molecule has 0 atom stereocenters. The number of hydrogen-bond donors (Lipinski definition) is 2. The van der Waals surface area contributed by atoms with Crippen LogP contribution in [0.3, 0.4) is 0 Å². The van der Waals surface area contributed by atoms with E-state index in [1.807, 2.05) is 6.92 Å². The van der Waals surface area contributed by atoms with E-state index in [2.05, 4.69) is 35.8 Å². The van der Waals surface area contributed by atoms with Crippen molar-refractivity contribution >= 4 is 17.9 Å². The van der Waals surface area contributed by atoms with Crippen LogP contribution in [0.25, 0.3) is 5.82 Å². The highest BCUT2D eigenvalue weighted by Crippen LogP contribution is 2.27. The number of nitrogen functional groups attached to an aromatic ring is 1. The number of methoxy groups -OCH3 is 1. The molecule has 3 aromatic rings. The molecule has 0 spiro atoms. The zero-order valence-electron chi connectivity index (χ0n) is 15.4. The highest BCUT2D eigenvalue weighted by molar-refractivity contribution is 5.94. The fourth-order valence-corrected chi connectivity index (χ4v) is 2.34. The first-order chi connectivity index (χ1) is 13.5. The number of ether oxygens (including phenoxy) is 2. The first-order valence-corrected chi connectivity index (χ1v) is 8.20. The molecule has 3 N–H and O–H groups in total. The van der Waals surface area contributed by atoms with E-state index in [9.17, 15) is 4.79 Å². The molecule has 0 aliphatic rings. The average Bonchev–Trinajstić information content (AvgIpc) is 3.27. The number of benzene rings is 1. The van der Waals surface area contributed by atoms with Gasteiger partial charge in [0.2, 0.25) is 11.6 Å². The zero-order chi connectivity index (χ0) is 20.1. The number of anilines is 1. The van der Waals surface area contributed by atoms with E-state index >= 15 is 0 Å². The van der Waals surface area contributed by atoms with E-state index in [-0.39, 0.29) is 17.3 Å². The second-order valence-corrected chi connectivity index (χ2v) is 5.45. The minimum absolute atomic E-state index is 0.0302. The van der Waals surface area contributed by atoms with Crippen molar-refractivity contribution in [2.75, 3.05) is 19.5 Å². The Kier molecular flexibility index (Phi) is 5.48. The summed E-state index contributed by atoms with van der Waals surface area (Å²) in [6.45, 7) is 4.00. The minimum atomic E-state index is -0.548. The van der Waals surface area contributed by atoms with Gasteiger partial charge in [0.05, 0.1) is 25.6 Å². The van der Waals surface area contributed by atoms with E-state index < -0.39 is 5.91 Å². The van der Waals surface area contributed by atoms with Gasteiger partial charge >= 0.3 is 0 Å². The molecule has 1 aromatic carbocycles.